The van der Waals surface area contributed by atoms with Crippen molar-refractivity contribution in [2.75, 3.05) is 6.61 Å². The fourth-order valence-electron chi connectivity index (χ4n) is 1.06. The predicted molar refractivity (Wildman–Crippen MR) is 80.3 cm³/mol. The third-order valence-electron chi connectivity index (χ3n) is 1.99. The zero-order valence-electron chi connectivity index (χ0n) is 9.31. The molecule has 0 saturated carbocycles. The fourth-order valence-corrected chi connectivity index (χ4v) is 3.30. The number of benzene rings is 1. The van der Waals surface area contributed by atoms with Crippen LogP contribution in [0.25, 0.3) is 0 Å². The third kappa shape index (κ3) is 4.11. The van der Waals surface area contributed by atoms with E-state index in [4.69, 9.17) is 4.55 Å². The van der Waals surface area contributed by atoms with Crippen LogP contribution in [-0.4, -0.2) is 35.9 Å². The number of alkyl halides is 2. The van der Waals surface area contributed by atoms with Crippen molar-refractivity contribution in [3.8, 4) is 5.75 Å². The molecule has 0 radical (unpaired) electrons. The number of esters is 1. The molecule has 0 spiro atoms. The quantitative estimate of drug-likeness (QED) is 0.350. The molecule has 1 aromatic carbocycles. The fraction of sp³-hybridized carbons (Fsp3) is 0.222. The molecule has 0 aliphatic carbocycles. The molecule has 6 nitrogen and oxygen atoms in total. The number of halogens is 4. The van der Waals surface area contributed by atoms with Crippen molar-refractivity contribution in [1.82, 2.24) is 0 Å². The zero-order chi connectivity index (χ0) is 15.7. The highest BCUT2D eigenvalue weighted by atomic mass is 127. The van der Waals surface area contributed by atoms with Crippen LogP contribution < -0.4 is 0 Å². The smallest absolute Gasteiger partial charge is 0.402 e. The second-order valence-corrected chi connectivity index (χ2v) is 7.43. The summed E-state index contributed by atoms with van der Waals surface area (Å²) in [5, 5.41) is 4.95. The van der Waals surface area contributed by atoms with E-state index < -0.39 is 33.7 Å². The molecule has 1 aromatic rings. The molecular formula is C9H6F2I2O6S. The predicted octanol–water partition coefficient (Wildman–Crippen LogP) is 2.24. The molecule has 0 heterocycles. The van der Waals surface area contributed by atoms with Gasteiger partial charge in [0.2, 0.25) is 0 Å². The van der Waals surface area contributed by atoms with Gasteiger partial charge in [-0.1, -0.05) is 0 Å². The van der Waals surface area contributed by atoms with E-state index in [0.717, 1.165) is 0 Å². The van der Waals surface area contributed by atoms with Gasteiger partial charge in [0.1, 0.15) is 11.3 Å². The van der Waals surface area contributed by atoms with Crippen LogP contribution in [0.2, 0.25) is 0 Å². The second kappa shape index (κ2) is 6.23. The van der Waals surface area contributed by atoms with Crippen LogP contribution in [0.1, 0.15) is 10.4 Å². The maximum absolute atomic E-state index is 12.9. The summed E-state index contributed by atoms with van der Waals surface area (Å²) >= 11 is 3.55. The number of rotatable bonds is 4. The molecule has 0 amide bonds. The number of carbonyl (C=O) groups is 1. The SMILES string of the molecule is O=C(OCC(F)(F)S(=O)(=O)O)c1c(O)cc(I)cc1I. The van der Waals surface area contributed by atoms with E-state index in [1.807, 2.05) is 22.6 Å². The van der Waals surface area contributed by atoms with Gasteiger partial charge in [-0.25, -0.2) is 4.79 Å². The van der Waals surface area contributed by atoms with E-state index in [1.54, 1.807) is 22.6 Å². The Morgan fingerprint density at radius 3 is 2.35 bits per heavy atom. The Hall–Kier alpha value is -0.280. The zero-order valence-corrected chi connectivity index (χ0v) is 14.4. The maximum atomic E-state index is 12.9. The summed E-state index contributed by atoms with van der Waals surface area (Å²) in [6, 6.07) is 2.69. The molecule has 0 fully saturated rings. The van der Waals surface area contributed by atoms with Gasteiger partial charge in [0.15, 0.2) is 6.61 Å². The molecule has 11 heteroatoms. The van der Waals surface area contributed by atoms with Crippen LogP contribution in [-0.2, 0) is 14.9 Å². The highest BCUT2D eigenvalue weighted by molar-refractivity contribution is 14.1. The Balaban J connectivity index is 2.95. The minimum absolute atomic E-state index is 0.243. The second-order valence-electron chi connectivity index (χ2n) is 3.47. The van der Waals surface area contributed by atoms with Crippen molar-refractivity contribution >= 4 is 61.3 Å². The molecule has 0 aromatic heterocycles. The highest BCUT2D eigenvalue weighted by Crippen LogP contribution is 2.28. The first kappa shape index (κ1) is 17.8. The summed E-state index contributed by atoms with van der Waals surface area (Å²) in [5.74, 6) is -1.81. The topological polar surface area (TPSA) is 101 Å². The number of ether oxygens (including phenoxy) is 1. The van der Waals surface area contributed by atoms with Crippen LogP contribution in [0, 0.1) is 7.14 Å². The van der Waals surface area contributed by atoms with Gasteiger partial charge in [-0.3, -0.25) is 4.55 Å². The number of phenolic OH excluding ortho intramolecular Hbond substituents is 1. The summed E-state index contributed by atoms with van der Waals surface area (Å²) in [6.07, 6.45) is 0. The van der Waals surface area contributed by atoms with E-state index in [2.05, 4.69) is 4.74 Å². The van der Waals surface area contributed by atoms with Crippen molar-refractivity contribution in [3.63, 3.8) is 0 Å². The lowest BCUT2D eigenvalue weighted by atomic mass is 10.2. The van der Waals surface area contributed by atoms with Crippen molar-refractivity contribution in [3.05, 3.63) is 24.8 Å². The highest BCUT2D eigenvalue weighted by Gasteiger charge is 2.45. The molecular weight excluding hydrogens is 528 g/mol. The lowest BCUT2D eigenvalue weighted by Crippen LogP contribution is -2.34. The first-order valence-corrected chi connectivity index (χ1v) is 8.25. The Labute approximate surface area is 139 Å². The third-order valence-corrected chi connectivity index (χ3v) is 4.33. The maximum Gasteiger partial charge on any atom is 0.402 e. The Kier molecular flexibility index (Phi) is 5.53. The van der Waals surface area contributed by atoms with Crippen LogP contribution >= 0.6 is 45.2 Å². The molecule has 0 aliphatic rings. The molecule has 0 atom stereocenters. The lowest BCUT2D eigenvalue weighted by Gasteiger charge is -2.14. The van der Waals surface area contributed by atoms with Gasteiger partial charge < -0.3 is 9.84 Å². The van der Waals surface area contributed by atoms with E-state index >= 15 is 0 Å². The van der Waals surface area contributed by atoms with E-state index in [0.29, 0.717) is 3.57 Å². The molecule has 0 bridgehead atoms. The molecule has 0 saturated heterocycles. The van der Waals surface area contributed by atoms with Gasteiger partial charge in [-0.05, 0) is 57.3 Å². The van der Waals surface area contributed by atoms with Crippen LogP contribution in [0.3, 0.4) is 0 Å². The molecule has 1 rings (SSSR count). The first-order chi connectivity index (χ1) is 8.95. The van der Waals surface area contributed by atoms with Gasteiger partial charge in [-0.15, -0.1) is 0 Å². The Bertz CT molecular complexity index is 623. The number of carbonyl (C=O) groups excluding carboxylic acids is 1. The average molecular weight is 534 g/mol. The lowest BCUT2D eigenvalue weighted by molar-refractivity contribution is -0.00974. The summed E-state index contributed by atoms with van der Waals surface area (Å²) in [5.41, 5.74) is -0.364. The number of hydrogen-bond donors (Lipinski definition) is 2. The van der Waals surface area contributed by atoms with E-state index in [-0.39, 0.29) is 9.13 Å². The van der Waals surface area contributed by atoms with Gasteiger partial charge in [0.05, 0.1) is 0 Å². The number of aromatic hydroxyl groups is 1. The van der Waals surface area contributed by atoms with Crippen LogP contribution in [0.5, 0.6) is 5.75 Å². The summed E-state index contributed by atoms with van der Waals surface area (Å²) in [4.78, 5) is 11.6. The largest absolute Gasteiger partial charge is 0.507 e. The average Bonchev–Trinajstić information content (AvgIpc) is 2.23. The normalized spacial score (nSPS) is 12.2. The molecule has 20 heavy (non-hydrogen) atoms. The Morgan fingerprint density at radius 1 is 1.35 bits per heavy atom. The standard InChI is InChI=1S/C9H6F2I2O6S/c10-9(11,20(16,17)18)3-19-8(15)7-5(13)1-4(12)2-6(7)14/h1-2,14H,3H2,(H,16,17,18). The van der Waals surface area contributed by atoms with Crippen molar-refractivity contribution < 1.29 is 36.4 Å². The minimum Gasteiger partial charge on any atom is -0.507 e. The number of hydrogen-bond acceptors (Lipinski definition) is 5. The molecule has 112 valence electrons. The van der Waals surface area contributed by atoms with Crippen LogP contribution in [0.15, 0.2) is 12.1 Å². The molecule has 0 unspecified atom stereocenters. The van der Waals surface area contributed by atoms with Gasteiger partial charge in [-0.2, -0.15) is 17.2 Å². The van der Waals surface area contributed by atoms with Gasteiger partial charge in [0, 0.05) is 7.14 Å². The Morgan fingerprint density at radius 2 is 1.90 bits per heavy atom. The van der Waals surface area contributed by atoms with E-state index in [1.165, 1.54) is 12.1 Å². The van der Waals surface area contributed by atoms with Crippen molar-refractivity contribution in [1.29, 1.82) is 0 Å². The van der Waals surface area contributed by atoms with Crippen LogP contribution in [0.4, 0.5) is 8.78 Å². The molecule has 2 N–H and O–H groups in total. The van der Waals surface area contributed by atoms with Crippen molar-refractivity contribution in [2.45, 2.75) is 5.25 Å². The van der Waals surface area contributed by atoms with E-state index in [9.17, 15) is 27.1 Å². The summed E-state index contributed by atoms with van der Waals surface area (Å²) < 4.78 is 59.7. The minimum atomic E-state index is -5.68. The summed E-state index contributed by atoms with van der Waals surface area (Å²) in [7, 11) is -5.68. The van der Waals surface area contributed by atoms with Crippen molar-refractivity contribution in [2.24, 2.45) is 0 Å². The van der Waals surface area contributed by atoms with Gasteiger partial charge in [0.25, 0.3) is 0 Å². The summed E-state index contributed by atoms with van der Waals surface area (Å²) in [6.45, 7) is -1.85. The van der Waals surface area contributed by atoms with Gasteiger partial charge >= 0.3 is 21.3 Å². The monoisotopic (exact) mass is 534 g/mol. The molecule has 0 aliphatic heterocycles. The number of phenols is 1. The first-order valence-electron chi connectivity index (χ1n) is 4.65.